The Morgan fingerprint density at radius 3 is 2.59 bits per heavy atom. The molecule has 1 amide bonds. The van der Waals surface area contributed by atoms with Gasteiger partial charge in [-0.1, -0.05) is 0 Å². The minimum absolute atomic E-state index is 0.181. The van der Waals surface area contributed by atoms with Crippen molar-refractivity contribution in [3.63, 3.8) is 0 Å². The second-order valence-corrected chi connectivity index (χ2v) is 3.01. The Morgan fingerprint density at radius 1 is 1.65 bits per heavy atom. The Kier molecular flexibility index (Phi) is 6.73. The first-order valence-electron chi connectivity index (χ1n) is 4.58. The van der Waals surface area contributed by atoms with E-state index in [0.717, 1.165) is 0 Å². The number of carbonyl (C=O) groups is 2. The van der Waals surface area contributed by atoms with Crippen LogP contribution >= 0.6 is 0 Å². The molecule has 1 heterocycles. The van der Waals surface area contributed by atoms with Crippen LogP contribution in [0.4, 0.5) is 0 Å². The van der Waals surface area contributed by atoms with Gasteiger partial charge in [0.25, 0.3) is 0 Å². The predicted molar refractivity (Wildman–Crippen MR) is 57.3 cm³/mol. The SMILES string of the molecule is N#CCC(N)=O.NC(Cc1c[nH]cn1)C(=O)O. The highest BCUT2D eigenvalue weighted by atomic mass is 16.4. The fraction of sp³-hybridized carbons (Fsp3) is 0.333. The summed E-state index contributed by atoms with van der Waals surface area (Å²) >= 11 is 0. The number of H-pyrrole nitrogens is 1. The number of aromatic nitrogens is 2. The van der Waals surface area contributed by atoms with Crippen molar-refractivity contribution < 1.29 is 14.7 Å². The molecule has 17 heavy (non-hydrogen) atoms. The minimum Gasteiger partial charge on any atom is -0.480 e. The van der Waals surface area contributed by atoms with E-state index < -0.39 is 17.9 Å². The number of nitriles is 1. The van der Waals surface area contributed by atoms with Gasteiger partial charge < -0.3 is 21.6 Å². The molecule has 0 saturated heterocycles. The van der Waals surface area contributed by atoms with Gasteiger partial charge in [-0.2, -0.15) is 5.26 Å². The molecule has 0 saturated carbocycles. The van der Waals surface area contributed by atoms with Crippen molar-refractivity contribution in [1.82, 2.24) is 9.97 Å². The molecule has 0 fully saturated rings. The summed E-state index contributed by atoms with van der Waals surface area (Å²) in [5.74, 6) is -1.58. The summed E-state index contributed by atoms with van der Waals surface area (Å²) < 4.78 is 0. The number of amides is 1. The maximum atomic E-state index is 10.3. The number of carbonyl (C=O) groups excluding carboxylic acids is 1. The summed E-state index contributed by atoms with van der Waals surface area (Å²) in [6.07, 6.45) is 3.20. The predicted octanol–water partition coefficient (Wildman–Crippen LogP) is -1.25. The van der Waals surface area contributed by atoms with Gasteiger partial charge in [-0.25, -0.2) is 4.98 Å². The van der Waals surface area contributed by atoms with Crippen molar-refractivity contribution in [2.24, 2.45) is 11.5 Å². The van der Waals surface area contributed by atoms with Crippen molar-refractivity contribution >= 4 is 11.9 Å². The van der Waals surface area contributed by atoms with Crippen molar-refractivity contribution in [3.8, 4) is 6.07 Å². The van der Waals surface area contributed by atoms with E-state index in [1.807, 2.05) is 0 Å². The minimum atomic E-state index is -1.01. The van der Waals surface area contributed by atoms with Gasteiger partial charge >= 0.3 is 5.97 Å². The first kappa shape index (κ1) is 14.6. The summed E-state index contributed by atoms with van der Waals surface area (Å²) in [5.41, 5.74) is 10.5. The van der Waals surface area contributed by atoms with E-state index in [1.165, 1.54) is 6.33 Å². The van der Waals surface area contributed by atoms with Crippen molar-refractivity contribution in [2.45, 2.75) is 18.9 Å². The molecular formula is C9H13N5O3. The molecule has 0 aliphatic rings. The van der Waals surface area contributed by atoms with Gasteiger partial charge in [0, 0.05) is 12.6 Å². The molecule has 0 radical (unpaired) electrons. The number of imidazole rings is 1. The highest BCUT2D eigenvalue weighted by Gasteiger charge is 2.12. The molecule has 0 aromatic carbocycles. The maximum Gasteiger partial charge on any atom is 0.320 e. The topological polar surface area (TPSA) is 159 Å². The standard InChI is InChI=1S/C6H9N3O2.C3H4N2O/c7-5(6(10)11)1-4-2-8-3-9-4;4-2-1-3(5)6/h2-3,5H,1,7H2,(H,8,9)(H,10,11);1H2,(H2,5,6). The molecule has 8 nitrogen and oxygen atoms in total. The summed E-state index contributed by atoms with van der Waals surface area (Å²) in [4.78, 5) is 26.4. The van der Waals surface area contributed by atoms with Crippen LogP contribution in [0.25, 0.3) is 0 Å². The zero-order valence-corrected chi connectivity index (χ0v) is 8.96. The highest BCUT2D eigenvalue weighted by Crippen LogP contribution is 1.95. The Hall–Kier alpha value is -2.40. The van der Waals surface area contributed by atoms with E-state index >= 15 is 0 Å². The lowest BCUT2D eigenvalue weighted by Gasteiger charge is -2.01. The third-order valence-corrected chi connectivity index (χ3v) is 1.55. The number of nitrogens with one attached hydrogen (secondary N) is 1. The molecule has 1 aromatic rings. The van der Waals surface area contributed by atoms with Crippen molar-refractivity contribution in [3.05, 3.63) is 18.2 Å². The number of hydrogen-bond donors (Lipinski definition) is 4. The lowest BCUT2D eigenvalue weighted by Crippen LogP contribution is -2.32. The molecule has 1 rings (SSSR count). The largest absolute Gasteiger partial charge is 0.480 e. The fourth-order valence-corrected chi connectivity index (χ4v) is 0.793. The second-order valence-electron chi connectivity index (χ2n) is 3.01. The first-order valence-corrected chi connectivity index (χ1v) is 4.58. The molecule has 0 spiro atoms. The number of primary amides is 1. The van der Waals surface area contributed by atoms with Crippen LogP contribution < -0.4 is 11.5 Å². The van der Waals surface area contributed by atoms with Crippen molar-refractivity contribution in [2.75, 3.05) is 0 Å². The third kappa shape index (κ3) is 7.52. The van der Waals surface area contributed by atoms with E-state index in [9.17, 15) is 9.59 Å². The van der Waals surface area contributed by atoms with Gasteiger partial charge in [-0.15, -0.1) is 0 Å². The number of carboxylic acid groups (broad SMARTS) is 1. The van der Waals surface area contributed by atoms with Gasteiger partial charge in [-0.05, 0) is 0 Å². The number of carboxylic acids is 1. The van der Waals surface area contributed by atoms with Gasteiger partial charge in [-0.3, -0.25) is 9.59 Å². The molecule has 6 N–H and O–H groups in total. The Balaban J connectivity index is 0.000000366. The van der Waals surface area contributed by atoms with E-state index in [2.05, 4.69) is 15.7 Å². The summed E-state index contributed by atoms with van der Waals surface area (Å²) in [7, 11) is 0. The molecule has 8 heteroatoms. The second kappa shape index (κ2) is 7.84. The Bertz CT molecular complexity index is 395. The lowest BCUT2D eigenvalue weighted by atomic mass is 10.2. The van der Waals surface area contributed by atoms with Crippen LogP contribution in [0.2, 0.25) is 0 Å². The maximum absolute atomic E-state index is 10.3. The van der Waals surface area contributed by atoms with E-state index in [4.69, 9.17) is 16.1 Å². The number of nitrogens with zero attached hydrogens (tertiary/aromatic N) is 2. The van der Waals surface area contributed by atoms with Crippen LogP contribution in [0.3, 0.4) is 0 Å². The molecular weight excluding hydrogens is 226 g/mol. The molecule has 1 unspecified atom stereocenters. The van der Waals surface area contributed by atoms with Gasteiger partial charge in [0.1, 0.15) is 12.5 Å². The number of aromatic amines is 1. The molecule has 92 valence electrons. The van der Waals surface area contributed by atoms with Gasteiger partial charge in [0.2, 0.25) is 5.91 Å². The first-order chi connectivity index (χ1) is 7.97. The van der Waals surface area contributed by atoms with Crippen LogP contribution in [0, 0.1) is 11.3 Å². The zero-order chi connectivity index (χ0) is 13.3. The molecule has 0 aliphatic heterocycles. The van der Waals surface area contributed by atoms with E-state index in [1.54, 1.807) is 12.3 Å². The van der Waals surface area contributed by atoms with Crippen molar-refractivity contribution in [1.29, 1.82) is 5.26 Å². The summed E-state index contributed by atoms with van der Waals surface area (Å²) in [5, 5.41) is 16.1. The molecule has 0 bridgehead atoms. The molecule has 1 aromatic heterocycles. The Labute approximate surface area is 97.2 Å². The monoisotopic (exact) mass is 239 g/mol. The number of aliphatic carboxylic acids is 1. The number of hydrogen-bond acceptors (Lipinski definition) is 5. The Morgan fingerprint density at radius 2 is 2.29 bits per heavy atom. The lowest BCUT2D eigenvalue weighted by molar-refractivity contribution is -0.138. The van der Waals surface area contributed by atoms with Crippen LogP contribution in [-0.4, -0.2) is 33.0 Å². The highest BCUT2D eigenvalue weighted by molar-refractivity contribution is 5.75. The van der Waals surface area contributed by atoms with Crippen LogP contribution in [0.5, 0.6) is 0 Å². The molecule has 0 aliphatic carbocycles. The smallest absolute Gasteiger partial charge is 0.320 e. The summed E-state index contributed by atoms with van der Waals surface area (Å²) in [6.45, 7) is 0. The van der Waals surface area contributed by atoms with E-state index in [-0.39, 0.29) is 12.8 Å². The van der Waals surface area contributed by atoms with Crippen LogP contribution in [-0.2, 0) is 16.0 Å². The van der Waals surface area contributed by atoms with E-state index in [0.29, 0.717) is 5.69 Å². The summed E-state index contributed by atoms with van der Waals surface area (Å²) in [6, 6.07) is 0.730. The number of rotatable bonds is 4. The van der Waals surface area contributed by atoms with Crippen LogP contribution in [0.15, 0.2) is 12.5 Å². The van der Waals surface area contributed by atoms with Gasteiger partial charge in [0.15, 0.2) is 0 Å². The zero-order valence-electron chi connectivity index (χ0n) is 8.96. The average molecular weight is 239 g/mol. The average Bonchev–Trinajstić information content (AvgIpc) is 2.70. The normalized spacial score (nSPS) is 10.6. The van der Waals surface area contributed by atoms with Gasteiger partial charge in [0.05, 0.1) is 18.1 Å². The fourth-order valence-electron chi connectivity index (χ4n) is 0.793. The quantitative estimate of drug-likeness (QED) is 0.513. The molecule has 1 atom stereocenters. The van der Waals surface area contributed by atoms with Crippen LogP contribution in [0.1, 0.15) is 12.1 Å². The number of nitrogens with two attached hydrogens (primary N) is 2. The third-order valence-electron chi connectivity index (χ3n) is 1.55.